The minimum atomic E-state index is -1.08. The van der Waals surface area contributed by atoms with Crippen molar-refractivity contribution < 1.29 is 137 Å². The molecule has 6 atom stereocenters. The van der Waals surface area contributed by atoms with Gasteiger partial charge in [0.1, 0.15) is 59.7 Å². The van der Waals surface area contributed by atoms with E-state index in [2.05, 4.69) is 31.9 Å². The van der Waals surface area contributed by atoms with Crippen molar-refractivity contribution in [1.29, 1.82) is 0 Å². The summed E-state index contributed by atoms with van der Waals surface area (Å²) in [6, 6.07) is 4.04. The Hall–Kier alpha value is -5.32. The van der Waals surface area contributed by atoms with Crippen LogP contribution in [0.3, 0.4) is 0 Å². The predicted molar refractivity (Wildman–Crippen MR) is 361 cm³/mol. The first-order valence-electron chi connectivity index (χ1n) is 31.6. The van der Waals surface area contributed by atoms with Crippen molar-refractivity contribution in [2.75, 3.05) is 21.3 Å². The van der Waals surface area contributed by atoms with Gasteiger partial charge in [-0.3, -0.25) is 9.59 Å². The van der Waals surface area contributed by atoms with E-state index >= 15 is 0 Å². The molecule has 1 aromatic carbocycles. The first-order chi connectivity index (χ1) is 46.3. The van der Waals surface area contributed by atoms with E-state index in [1.807, 2.05) is 184 Å². The minimum absolute atomic E-state index is 0. The van der Waals surface area contributed by atoms with Gasteiger partial charge in [-0.2, -0.15) is 0 Å². The van der Waals surface area contributed by atoms with Crippen molar-refractivity contribution in [2.45, 2.75) is 160 Å². The number of nitrogens with one attached hydrogen (secondary N) is 6. The van der Waals surface area contributed by atoms with Gasteiger partial charge in [-0.15, -0.1) is 0 Å². The monoisotopic (exact) mass is 1520 g/mol. The van der Waals surface area contributed by atoms with Gasteiger partial charge in [0.15, 0.2) is 0 Å². The van der Waals surface area contributed by atoms with E-state index < -0.39 is 113 Å². The zero-order valence-corrected chi connectivity index (χ0v) is 61.9. The van der Waals surface area contributed by atoms with E-state index in [-0.39, 0.29) is 77.1 Å². The van der Waals surface area contributed by atoms with Crippen molar-refractivity contribution in [1.82, 2.24) is 31.9 Å². The zero-order valence-electron chi connectivity index (χ0n) is 58.6. The molecule has 0 spiro atoms. The third kappa shape index (κ3) is 39.9. The standard InChI is InChI=1S/2C22H28N2O5.C17H18NO4.C13H18NO4.3Fe/c2*1-22(2,3)29-21(27)24-17(13-15-9-5-6-10-15)19(25)23-18(20(26)28-4)14-16-11-7-8-12-16;1-21-16(19)15(11-13-7-5-6-8-13)18-17(20)22-12-14-9-3-2-4-10-14;1-13(2,3)18-12(17)14-10(11(15)16)8-9-6-4-5-7-9;;;/h2*5-12,17-18H,13-14H2,1-4H3,(H,23,25)(H,24,27);2-10,15H,11-12H2,1H3,(H,18,20);4-7,10H,8H2,1-3H3,(H,14,17)(H,15,16);;;/q;;;;3*+2/t2*17-,18-;15-;10-;;;/m1000.../s1. The number of hydrogen-bond donors (Lipinski definition) is 7. The van der Waals surface area contributed by atoms with Crippen molar-refractivity contribution in [3.05, 3.63) is 226 Å². The van der Waals surface area contributed by atoms with Crippen LogP contribution in [0.1, 0.15) is 106 Å². The van der Waals surface area contributed by atoms with Gasteiger partial charge in [-0.05, 0) is 296 Å². The number of ether oxygens (including phenoxy) is 7. The molecule has 7 N–H and O–H groups in total. The number of carboxylic acid groups (broad SMARTS) is 1. The number of aliphatic carboxylic acids is 1. The van der Waals surface area contributed by atoms with E-state index in [0.717, 1.165) is 41.1 Å². The summed E-state index contributed by atoms with van der Waals surface area (Å²) < 4.78 is 35.1. The minimum Gasteiger partial charge on any atom is -0.480 e. The third-order valence-corrected chi connectivity index (χ3v) is 13.6. The number of carbonyl (C=O) groups is 10. The normalized spacial score (nSPS) is 18.3. The molecular weight excluding hydrogens is 1430 g/mol. The molecule has 0 unspecified atom stereocenters. The van der Waals surface area contributed by atoms with Crippen LogP contribution >= 0.6 is 0 Å². The van der Waals surface area contributed by atoms with Crippen LogP contribution in [0.25, 0.3) is 0 Å². The SMILES string of the molecule is CC(C)(C)OC(=O)N[C@@H](C[C]1[CH][CH][CH][CH]1)C(=O)O.COC(=O)[C@@H](C[C]1[CH][CH][CH][CH]1)NC(=O)[C@@H](C[C]1[CH][CH][CH][CH]1)NC(=O)OC(C)(C)C.COC(=O)[C@H](C[C]1[CH][CH][CH][CH]1)NC(=O)OCc1ccccc1.COC(=O)[C@H](C[C]1[CH][CH][CH][CH]1)NC(=O)[C@H](C[C]1[CH][CH][CH][CH]1)NC(=O)OC(C)(C)C.[Fe+2].[Fe+2].[Fe+2]. The molecule has 0 aliphatic heterocycles. The van der Waals surface area contributed by atoms with Gasteiger partial charge < -0.3 is 70.2 Å². The van der Waals surface area contributed by atoms with Crippen molar-refractivity contribution in [3.8, 4) is 0 Å². The molecule has 6 aliphatic rings. The maximum atomic E-state index is 12.9. The number of esters is 3. The Balaban J connectivity index is 0.000000677. The Morgan fingerprint density at radius 3 is 0.812 bits per heavy atom. The van der Waals surface area contributed by atoms with Crippen LogP contribution in [0.2, 0.25) is 0 Å². The number of carboxylic acids is 1. The van der Waals surface area contributed by atoms with Crippen LogP contribution in [0.4, 0.5) is 19.2 Å². The van der Waals surface area contributed by atoms with Gasteiger partial charge in [0.2, 0.25) is 11.8 Å². The van der Waals surface area contributed by atoms with Crippen molar-refractivity contribution >= 4 is 60.1 Å². The predicted octanol–water partition coefficient (Wildman–Crippen LogP) is 8.26. The molecule has 0 saturated heterocycles. The average Bonchev–Trinajstić information content (AvgIpc) is 2.05. The fourth-order valence-corrected chi connectivity index (χ4v) is 9.14. The molecular formula is C74H92Fe3N6O18+6. The number of carbonyl (C=O) groups excluding carboxylic acids is 9. The van der Waals surface area contributed by atoms with Gasteiger partial charge in [-0.25, -0.2) is 38.4 Å². The number of amides is 6. The van der Waals surface area contributed by atoms with E-state index in [9.17, 15) is 47.9 Å². The second kappa shape index (κ2) is 48.7. The third-order valence-electron chi connectivity index (χ3n) is 13.6. The van der Waals surface area contributed by atoms with E-state index in [1.54, 1.807) is 62.3 Å². The molecule has 24 nitrogen and oxygen atoms in total. The van der Waals surface area contributed by atoms with Crippen LogP contribution in [-0.4, -0.2) is 140 Å². The van der Waals surface area contributed by atoms with Gasteiger partial charge in [0.25, 0.3) is 0 Å². The van der Waals surface area contributed by atoms with Crippen LogP contribution in [0.15, 0.2) is 30.3 Å². The van der Waals surface area contributed by atoms with Crippen molar-refractivity contribution in [3.63, 3.8) is 0 Å². The molecule has 6 fully saturated rings. The molecule has 27 heteroatoms. The largest absolute Gasteiger partial charge is 2.00 e. The van der Waals surface area contributed by atoms with E-state index in [4.69, 9.17) is 38.3 Å². The second-order valence-corrected chi connectivity index (χ2v) is 25.4. The summed E-state index contributed by atoms with van der Waals surface area (Å²) in [5.74, 6) is 1.70. The molecule has 101 heavy (non-hydrogen) atoms. The number of alkyl carbamates (subject to hydrolysis) is 4. The maximum absolute atomic E-state index is 12.9. The summed E-state index contributed by atoms with van der Waals surface area (Å²) in [6.07, 6.45) is 43.4. The molecule has 1 aromatic rings. The first kappa shape index (κ1) is 93.7. The fourth-order valence-electron chi connectivity index (χ4n) is 9.14. The molecule has 7 rings (SSSR count). The smallest absolute Gasteiger partial charge is 0.480 e. The van der Waals surface area contributed by atoms with Crippen LogP contribution in [0, 0.1) is 190 Å². The molecule has 6 saturated carbocycles. The van der Waals surface area contributed by atoms with Crippen LogP contribution in [0.5, 0.6) is 0 Å². The average molecular weight is 1520 g/mol. The summed E-state index contributed by atoms with van der Waals surface area (Å²) >= 11 is 0. The number of methoxy groups -OCH3 is 3. The second-order valence-electron chi connectivity index (χ2n) is 25.4. The van der Waals surface area contributed by atoms with E-state index in [0.29, 0.717) is 19.3 Å². The molecule has 30 radical (unpaired) electrons. The Morgan fingerprint density at radius 1 is 0.337 bits per heavy atom. The van der Waals surface area contributed by atoms with Gasteiger partial charge in [0, 0.05) is 0 Å². The van der Waals surface area contributed by atoms with Crippen LogP contribution in [-0.2, 0) is 120 Å². The fraction of sp³-hybridized carbons (Fsp3) is 0.378. The van der Waals surface area contributed by atoms with Gasteiger partial charge >= 0.3 is 99.5 Å². The topological polar surface area (TPSA) is 328 Å². The Bertz CT molecular complexity index is 2520. The van der Waals surface area contributed by atoms with E-state index in [1.165, 1.54) is 21.3 Å². The van der Waals surface area contributed by atoms with Crippen LogP contribution < -0.4 is 31.9 Å². The summed E-state index contributed by atoms with van der Waals surface area (Å²) in [6.45, 7) is 15.8. The zero-order chi connectivity index (χ0) is 72.4. The summed E-state index contributed by atoms with van der Waals surface area (Å²) in [5.41, 5.74) is -1.16. The summed E-state index contributed by atoms with van der Waals surface area (Å²) in [5, 5.41) is 24.6. The number of rotatable bonds is 26. The Morgan fingerprint density at radius 2 is 0.564 bits per heavy atom. The molecule has 0 aromatic heterocycles. The first-order valence-corrected chi connectivity index (χ1v) is 31.6. The Labute approximate surface area is 633 Å². The quantitative estimate of drug-likeness (QED) is 0.0261. The molecule has 0 heterocycles. The molecule has 6 aliphatic carbocycles. The summed E-state index contributed by atoms with van der Waals surface area (Å²) in [7, 11) is 3.83. The number of benzene rings is 1. The Kier molecular flexibility index (Phi) is 45.1. The molecule has 544 valence electrons. The maximum Gasteiger partial charge on any atom is 2.00 e. The molecule has 0 bridgehead atoms. The molecule has 6 amide bonds. The van der Waals surface area contributed by atoms with Gasteiger partial charge in [0.05, 0.1) is 21.3 Å². The van der Waals surface area contributed by atoms with Gasteiger partial charge in [-0.1, -0.05) is 30.3 Å². The number of hydrogen-bond acceptors (Lipinski definition) is 17. The van der Waals surface area contributed by atoms with Crippen molar-refractivity contribution in [2.24, 2.45) is 0 Å². The summed E-state index contributed by atoms with van der Waals surface area (Å²) in [4.78, 5) is 121.